The topological polar surface area (TPSA) is 51.8 Å². The molecule has 0 radical (unpaired) electrons. The molecule has 0 aliphatic rings. The van der Waals surface area contributed by atoms with Gasteiger partial charge in [-0.1, -0.05) is 6.07 Å². The van der Waals surface area contributed by atoms with Gasteiger partial charge in [0, 0.05) is 25.4 Å². The van der Waals surface area contributed by atoms with E-state index < -0.39 is 11.9 Å². The average molecular weight is 273 g/mol. The molecule has 3 nitrogen and oxygen atoms in total. The second-order valence-corrected chi connectivity index (χ2v) is 4.79. The Morgan fingerprint density at radius 1 is 1.33 bits per heavy atom. The first-order valence-corrected chi connectivity index (χ1v) is 5.97. The van der Waals surface area contributed by atoms with Gasteiger partial charge in [-0.2, -0.15) is 13.2 Å². The number of hydrogen-bond donors (Lipinski definition) is 1. The fourth-order valence-corrected chi connectivity index (χ4v) is 2.51. The molecule has 0 saturated heterocycles. The van der Waals surface area contributed by atoms with Crippen molar-refractivity contribution < 1.29 is 13.2 Å². The van der Waals surface area contributed by atoms with E-state index in [-0.39, 0.29) is 11.4 Å². The molecule has 2 aromatic heterocycles. The van der Waals surface area contributed by atoms with Crippen molar-refractivity contribution in [1.29, 1.82) is 0 Å². The van der Waals surface area contributed by atoms with Gasteiger partial charge in [0.25, 0.3) is 0 Å². The summed E-state index contributed by atoms with van der Waals surface area (Å²) in [4.78, 5) is 7.61. The van der Waals surface area contributed by atoms with Gasteiger partial charge < -0.3 is 5.73 Å². The molecule has 2 N–H and O–H groups in total. The second-order valence-electron chi connectivity index (χ2n) is 3.62. The molecular weight excluding hydrogens is 263 g/mol. The number of thiazole rings is 1. The first kappa shape index (κ1) is 13.0. The maximum absolute atomic E-state index is 12.7. The number of alkyl halides is 3. The number of pyridine rings is 1. The van der Waals surface area contributed by atoms with Gasteiger partial charge in [0.1, 0.15) is 0 Å². The Kier molecular flexibility index (Phi) is 3.63. The number of halogens is 3. The molecular formula is C11H10F3N3S. The van der Waals surface area contributed by atoms with Crippen LogP contribution in [0.25, 0.3) is 0 Å². The summed E-state index contributed by atoms with van der Waals surface area (Å²) in [5.41, 5.74) is 5.27. The first-order valence-electron chi connectivity index (χ1n) is 5.15. The van der Waals surface area contributed by atoms with Crippen LogP contribution in [0.2, 0.25) is 0 Å². The molecule has 2 heterocycles. The lowest BCUT2D eigenvalue weighted by molar-refractivity contribution is -0.141. The molecule has 0 saturated carbocycles. The van der Waals surface area contributed by atoms with E-state index in [0.717, 1.165) is 16.9 Å². The summed E-state index contributed by atoms with van der Waals surface area (Å²) in [5.74, 6) is 0. The molecule has 0 unspecified atom stereocenters. The van der Waals surface area contributed by atoms with Crippen LogP contribution in [0.4, 0.5) is 13.2 Å². The lowest BCUT2D eigenvalue weighted by Crippen LogP contribution is -2.10. The number of hydrogen-bond acceptors (Lipinski definition) is 4. The third-order valence-corrected chi connectivity index (χ3v) is 3.35. The van der Waals surface area contributed by atoms with Gasteiger partial charge in [-0.15, -0.1) is 11.3 Å². The molecule has 7 heteroatoms. The van der Waals surface area contributed by atoms with E-state index in [4.69, 9.17) is 5.73 Å². The van der Waals surface area contributed by atoms with E-state index in [1.54, 1.807) is 24.5 Å². The smallest absolute Gasteiger partial charge is 0.326 e. The normalized spacial score (nSPS) is 11.8. The molecule has 96 valence electrons. The lowest BCUT2D eigenvalue weighted by atomic mass is 10.2. The van der Waals surface area contributed by atoms with Crippen LogP contribution in [0.15, 0.2) is 24.5 Å². The monoisotopic (exact) mass is 273 g/mol. The van der Waals surface area contributed by atoms with Gasteiger partial charge in [0.2, 0.25) is 0 Å². The highest BCUT2D eigenvalue weighted by Crippen LogP contribution is 2.34. The Morgan fingerprint density at radius 3 is 2.61 bits per heavy atom. The van der Waals surface area contributed by atoms with Crippen LogP contribution in [0.3, 0.4) is 0 Å². The van der Waals surface area contributed by atoms with Gasteiger partial charge >= 0.3 is 6.18 Å². The molecule has 2 aromatic rings. The van der Waals surface area contributed by atoms with Crippen LogP contribution in [0.5, 0.6) is 0 Å². The van der Waals surface area contributed by atoms with Crippen LogP contribution >= 0.6 is 11.3 Å². The predicted molar refractivity (Wildman–Crippen MR) is 62.1 cm³/mol. The molecule has 18 heavy (non-hydrogen) atoms. The maximum Gasteiger partial charge on any atom is 0.434 e. The molecule has 0 fully saturated rings. The molecule has 0 atom stereocenters. The quantitative estimate of drug-likeness (QED) is 0.935. The van der Waals surface area contributed by atoms with Crippen molar-refractivity contribution >= 4 is 11.3 Å². The number of nitrogens with zero attached hydrogens (tertiary/aromatic N) is 2. The SMILES string of the molecule is NCc1sc(Cc2cccnc2)nc1C(F)(F)F. The highest BCUT2D eigenvalue weighted by molar-refractivity contribution is 7.11. The van der Waals surface area contributed by atoms with Crippen LogP contribution < -0.4 is 5.73 Å². The fourth-order valence-electron chi connectivity index (χ4n) is 1.51. The van der Waals surface area contributed by atoms with Gasteiger partial charge in [-0.3, -0.25) is 4.98 Å². The zero-order chi connectivity index (χ0) is 13.2. The second kappa shape index (κ2) is 5.03. The Balaban J connectivity index is 2.28. The minimum Gasteiger partial charge on any atom is -0.326 e. The van der Waals surface area contributed by atoms with Crippen molar-refractivity contribution in [2.75, 3.05) is 0 Å². The lowest BCUT2D eigenvalue weighted by Gasteiger charge is -2.03. The summed E-state index contributed by atoms with van der Waals surface area (Å²) in [6.45, 7) is -0.153. The number of nitrogens with two attached hydrogens (primary N) is 1. The van der Waals surface area contributed by atoms with Gasteiger partial charge in [0.15, 0.2) is 5.69 Å². The number of rotatable bonds is 3. The maximum atomic E-state index is 12.7. The summed E-state index contributed by atoms with van der Waals surface area (Å²) in [7, 11) is 0. The van der Waals surface area contributed by atoms with Gasteiger partial charge in [-0.25, -0.2) is 4.98 Å². The number of aromatic nitrogens is 2. The standard InChI is InChI=1S/C11H10F3N3S/c12-11(13,14)10-8(5-15)18-9(17-10)4-7-2-1-3-16-6-7/h1-3,6H,4-5,15H2. The predicted octanol–water partition coefficient (Wildman–Crippen LogP) is 2.61. The van der Waals surface area contributed by atoms with E-state index in [1.165, 1.54) is 0 Å². The molecule has 0 amide bonds. The van der Waals surface area contributed by atoms with Crippen molar-refractivity contribution in [2.45, 2.75) is 19.1 Å². The zero-order valence-electron chi connectivity index (χ0n) is 9.24. The minimum absolute atomic E-state index is 0.0707. The highest BCUT2D eigenvalue weighted by Gasteiger charge is 2.36. The van der Waals surface area contributed by atoms with Gasteiger partial charge in [-0.05, 0) is 11.6 Å². The van der Waals surface area contributed by atoms with Crippen LogP contribution in [-0.4, -0.2) is 9.97 Å². The van der Waals surface area contributed by atoms with Crippen molar-refractivity contribution in [3.05, 3.63) is 45.7 Å². The third kappa shape index (κ3) is 2.85. The Bertz CT molecular complexity index is 522. The molecule has 0 aromatic carbocycles. The molecule has 0 aliphatic carbocycles. The summed E-state index contributed by atoms with van der Waals surface area (Å²) in [6, 6.07) is 3.53. The molecule has 0 aliphatic heterocycles. The fraction of sp³-hybridized carbons (Fsp3) is 0.273. The average Bonchev–Trinajstić information content (AvgIpc) is 2.73. The molecule has 0 spiro atoms. The Hall–Kier alpha value is -1.47. The van der Waals surface area contributed by atoms with E-state index in [2.05, 4.69) is 9.97 Å². The zero-order valence-corrected chi connectivity index (χ0v) is 10.1. The first-order chi connectivity index (χ1) is 8.50. The highest BCUT2D eigenvalue weighted by atomic mass is 32.1. The third-order valence-electron chi connectivity index (χ3n) is 2.27. The van der Waals surface area contributed by atoms with E-state index in [0.29, 0.717) is 11.4 Å². The summed E-state index contributed by atoms with van der Waals surface area (Å²) in [5, 5.41) is 0.399. The largest absolute Gasteiger partial charge is 0.434 e. The molecule has 0 bridgehead atoms. The summed E-state index contributed by atoms with van der Waals surface area (Å²) in [6.07, 6.45) is -0.894. The minimum atomic E-state index is -4.45. The van der Waals surface area contributed by atoms with E-state index in [9.17, 15) is 13.2 Å². The van der Waals surface area contributed by atoms with E-state index in [1.807, 2.05) is 0 Å². The van der Waals surface area contributed by atoms with Crippen molar-refractivity contribution in [3.8, 4) is 0 Å². The van der Waals surface area contributed by atoms with Crippen LogP contribution in [-0.2, 0) is 19.1 Å². The van der Waals surface area contributed by atoms with Crippen molar-refractivity contribution in [3.63, 3.8) is 0 Å². The van der Waals surface area contributed by atoms with Crippen molar-refractivity contribution in [1.82, 2.24) is 9.97 Å². The van der Waals surface area contributed by atoms with E-state index >= 15 is 0 Å². The summed E-state index contributed by atoms with van der Waals surface area (Å²) < 4.78 is 38.0. The van der Waals surface area contributed by atoms with Crippen LogP contribution in [0, 0.1) is 0 Å². The molecule has 2 rings (SSSR count). The Morgan fingerprint density at radius 2 is 2.11 bits per heavy atom. The van der Waals surface area contributed by atoms with Gasteiger partial charge in [0.05, 0.1) is 9.88 Å². The Labute approximate surface area is 105 Å². The summed E-state index contributed by atoms with van der Waals surface area (Å²) >= 11 is 0.997. The van der Waals surface area contributed by atoms with Crippen LogP contribution in [0.1, 0.15) is 21.1 Å². The van der Waals surface area contributed by atoms with Crippen molar-refractivity contribution in [2.24, 2.45) is 5.73 Å².